The van der Waals surface area contributed by atoms with Gasteiger partial charge in [0.1, 0.15) is 0 Å². The Morgan fingerprint density at radius 3 is 2.53 bits per heavy atom. The van der Waals surface area contributed by atoms with Gasteiger partial charge in [-0.1, -0.05) is 42.1 Å². The molecule has 0 N–H and O–H groups in total. The van der Waals surface area contributed by atoms with Gasteiger partial charge < -0.3 is 4.84 Å². The second-order valence-corrected chi connectivity index (χ2v) is 5.01. The highest BCUT2D eigenvalue weighted by molar-refractivity contribution is 5.74. The SMILES string of the molecule is CCCCCC(=O)ON=CC=C(C)CCC=C(C)C. The van der Waals surface area contributed by atoms with E-state index in [1.54, 1.807) is 6.21 Å². The first-order valence-corrected chi connectivity index (χ1v) is 7.08. The Hall–Kier alpha value is -1.38. The highest BCUT2D eigenvalue weighted by atomic mass is 16.7. The van der Waals surface area contributed by atoms with Gasteiger partial charge >= 0.3 is 5.97 Å². The summed E-state index contributed by atoms with van der Waals surface area (Å²) < 4.78 is 0. The summed E-state index contributed by atoms with van der Waals surface area (Å²) >= 11 is 0. The normalized spacial score (nSPS) is 11.7. The van der Waals surface area contributed by atoms with Crippen LogP contribution in [-0.4, -0.2) is 12.2 Å². The number of rotatable bonds is 9. The maximum absolute atomic E-state index is 11.2. The predicted octanol–water partition coefficient (Wildman–Crippen LogP) is 4.79. The number of nitrogens with zero attached hydrogens (tertiary/aromatic N) is 1. The van der Waals surface area contributed by atoms with Crippen LogP contribution in [0.25, 0.3) is 0 Å². The van der Waals surface area contributed by atoms with Crippen molar-refractivity contribution >= 4 is 12.2 Å². The summed E-state index contributed by atoms with van der Waals surface area (Å²) in [6.07, 6.45) is 11.2. The number of allylic oxidation sites excluding steroid dienone is 4. The fraction of sp³-hybridized carbons (Fsp3) is 0.625. The average Bonchev–Trinajstić information content (AvgIpc) is 2.34. The van der Waals surface area contributed by atoms with E-state index in [0.29, 0.717) is 6.42 Å². The van der Waals surface area contributed by atoms with Crippen LogP contribution < -0.4 is 0 Å². The van der Waals surface area contributed by atoms with Crippen LogP contribution in [0.5, 0.6) is 0 Å². The molecule has 0 saturated carbocycles. The fourth-order valence-electron chi connectivity index (χ4n) is 1.48. The second-order valence-electron chi connectivity index (χ2n) is 5.01. The molecule has 0 amide bonds. The first-order chi connectivity index (χ1) is 9.06. The molecule has 0 spiro atoms. The summed E-state index contributed by atoms with van der Waals surface area (Å²) in [6, 6.07) is 0. The second kappa shape index (κ2) is 11.7. The van der Waals surface area contributed by atoms with E-state index in [9.17, 15) is 4.79 Å². The molecule has 3 heteroatoms. The lowest BCUT2D eigenvalue weighted by Gasteiger charge is -1.97. The van der Waals surface area contributed by atoms with Crippen LogP contribution in [-0.2, 0) is 9.63 Å². The lowest BCUT2D eigenvalue weighted by Crippen LogP contribution is -1.99. The van der Waals surface area contributed by atoms with Crippen molar-refractivity contribution in [3.63, 3.8) is 0 Å². The van der Waals surface area contributed by atoms with E-state index in [1.165, 1.54) is 11.1 Å². The van der Waals surface area contributed by atoms with Gasteiger partial charge in [-0.25, -0.2) is 4.79 Å². The van der Waals surface area contributed by atoms with Crippen LogP contribution in [0, 0.1) is 0 Å². The monoisotopic (exact) mass is 265 g/mol. The van der Waals surface area contributed by atoms with Gasteiger partial charge in [-0.15, -0.1) is 0 Å². The Labute approximate surface area is 117 Å². The molecule has 0 aliphatic heterocycles. The lowest BCUT2D eigenvalue weighted by molar-refractivity contribution is -0.143. The number of unbranched alkanes of at least 4 members (excludes halogenated alkanes) is 2. The zero-order chi connectivity index (χ0) is 14.5. The Morgan fingerprint density at radius 1 is 1.16 bits per heavy atom. The van der Waals surface area contributed by atoms with Crippen molar-refractivity contribution in [1.82, 2.24) is 0 Å². The molecule has 108 valence electrons. The van der Waals surface area contributed by atoms with Crippen LogP contribution in [0.2, 0.25) is 0 Å². The maximum Gasteiger partial charge on any atom is 0.335 e. The minimum Gasteiger partial charge on any atom is -0.318 e. The number of hydrogen-bond donors (Lipinski definition) is 0. The minimum atomic E-state index is -0.250. The number of carbonyl (C=O) groups excluding carboxylic acids is 1. The zero-order valence-corrected chi connectivity index (χ0v) is 12.7. The predicted molar refractivity (Wildman–Crippen MR) is 81.1 cm³/mol. The van der Waals surface area contributed by atoms with Crippen LogP contribution in [0.3, 0.4) is 0 Å². The maximum atomic E-state index is 11.2. The third-order valence-corrected chi connectivity index (χ3v) is 2.65. The van der Waals surface area contributed by atoms with Gasteiger partial charge in [0, 0.05) is 6.42 Å². The molecule has 0 fully saturated rings. The molecular formula is C16H27NO2. The molecule has 0 heterocycles. The van der Waals surface area contributed by atoms with Gasteiger partial charge in [0.25, 0.3) is 0 Å². The molecule has 0 aliphatic carbocycles. The Kier molecular flexibility index (Phi) is 10.8. The van der Waals surface area contributed by atoms with Gasteiger partial charge in [-0.05, 0) is 46.1 Å². The molecule has 0 radical (unpaired) electrons. The molecule has 0 rings (SSSR count). The summed E-state index contributed by atoms with van der Waals surface area (Å²) in [5.74, 6) is -0.250. The Bertz CT molecular complexity index is 337. The van der Waals surface area contributed by atoms with E-state index in [-0.39, 0.29) is 5.97 Å². The number of oxime groups is 1. The standard InChI is InChI=1S/C16H27NO2/c1-5-6-7-11-16(18)19-17-13-12-15(4)10-8-9-14(2)3/h9,12-13H,5-8,10-11H2,1-4H3. The molecule has 0 aromatic rings. The van der Waals surface area contributed by atoms with Crippen LogP contribution in [0.1, 0.15) is 66.2 Å². The van der Waals surface area contributed by atoms with E-state index < -0.39 is 0 Å². The molecule has 0 aliphatic rings. The van der Waals surface area contributed by atoms with Crippen LogP contribution >= 0.6 is 0 Å². The molecule has 0 bridgehead atoms. The lowest BCUT2D eigenvalue weighted by atomic mass is 10.1. The highest BCUT2D eigenvalue weighted by Crippen LogP contribution is 2.05. The first kappa shape index (κ1) is 17.6. The number of hydrogen-bond acceptors (Lipinski definition) is 3. The molecule has 0 unspecified atom stereocenters. The summed E-state index contributed by atoms with van der Waals surface area (Å²) in [5, 5.41) is 3.67. The third-order valence-electron chi connectivity index (χ3n) is 2.65. The Balaban J connectivity index is 3.81. The smallest absolute Gasteiger partial charge is 0.318 e. The average molecular weight is 265 g/mol. The largest absolute Gasteiger partial charge is 0.335 e. The van der Waals surface area contributed by atoms with Gasteiger partial charge in [-0.3, -0.25) is 0 Å². The van der Waals surface area contributed by atoms with E-state index in [2.05, 4.69) is 32.0 Å². The van der Waals surface area contributed by atoms with Gasteiger partial charge in [0.05, 0.1) is 6.21 Å². The fourth-order valence-corrected chi connectivity index (χ4v) is 1.48. The van der Waals surface area contributed by atoms with Gasteiger partial charge in [0.15, 0.2) is 0 Å². The van der Waals surface area contributed by atoms with Gasteiger partial charge in [0.2, 0.25) is 0 Å². The van der Waals surface area contributed by atoms with E-state index >= 15 is 0 Å². The molecule has 0 saturated heterocycles. The Morgan fingerprint density at radius 2 is 1.89 bits per heavy atom. The van der Waals surface area contributed by atoms with Crippen molar-refractivity contribution in [2.45, 2.75) is 66.2 Å². The summed E-state index contributed by atoms with van der Waals surface area (Å²) in [6.45, 7) is 8.34. The molecule has 0 atom stereocenters. The molecule has 3 nitrogen and oxygen atoms in total. The highest BCUT2D eigenvalue weighted by Gasteiger charge is 2.00. The first-order valence-electron chi connectivity index (χ1n) is 7.08. The van der Waals surface area contributed by atoms with Crippen LogP contribution in [0.15, 0.2) is 28.5 Å². The minimum absolute atomic E-state index is 0.250. The van der Waals surface area contributed by atoms with E-state index in [1.807, 2.05) is 13.0 Å². The third kappa shape index (κ3) is 12.9. The van der Waals surface area contributed by atoms with E-state index in [0.717, 1.165) is 32.1 Å². The molecule has 0 aromatic carbocycles. The van der Waals surface area contributed by atoms with Crippen molar-refractivity contribution in [3.8, 4) is 0 Å². The van der Waals surface area contributed by atoms with Crippen LogP contribution in [0.4, 0.5) is 0 Å². The van der Waals surface area contributed by atoms with Crippen molar-refractivity contribution in [1.29, 1.82) is 0 Å². The summed E-state index contributed by atoms with van der Waals surface area (Å²) in [7, 11) is 0. The topological polar surface area (TPSA) is 38.7 Å². The summed E-state index contributed by atoms with van der Waals surface area (Å²) in [4.78, 5) is 16.0. The van der Waals surface area contributed by atoms with Crippen molar-refractivity contribution in [3.05, 3.63) is 23.3 Å². The molecule has 0 aromatic heterocycles. The van der Waals surface area contributed by atoms with Crippen molar-refractivity contribution in [2.75, 3.05) is 0 Å². The van der Waals surface area contributed by atoms with Gasteiger partial charge in [-0.2, -0.15) is 0 Å². The molecule has 19 heavy (non-hydrogen) atoms. The quantitative estimate of drug-likeness (QED) is 0.198. The number of carbonyl (C=O) groups is 1. The zero-order valence-electron chi connectivity index (χ0n) is 12.7. The van der Waals surface area contributed by atoms with E-state index in [4.69, 9.17) is 4.84 Å². The van der Waals surface area contributed by atoms with Crippen molar-refractivity contribution in [2.24, 2.45) is 5.16 Å². The summed E-state index contributed by atoms with van der Waals surface area (Å²) in [5.41, 5.74) is 2.56. The molecular weight excluding hydrogens is 238 g/mol. The van der Waals surface area contributed by atoms with Crippen molar-refractivity contribution < 1.29 is 9.63 Å².